The number of alkyl halides is 3. The van der Waals surface area contributed by atoms with Crippen LogP contribution in [-0.2, 0) is 28.0 Å². The Kier molecular flexibility index (Phi) is 9.92. The molecule has 3 amide bonds. The van der Waals surface area contributed by atoms with Gasteiger partial charge in [0.1, 0.15) is 0 Å². The fourth-order valence-electron chi connectivity index (χ4n) is 8.11. The average molecular weight is 781 g/mol. The fraction of sp³-hybridized carbons (Fsp3) is 0.486. The smallest absolute Gasteiger partial charge is 0.371 e. The van der Waals surface area contributed by atoms with Crippen molar-refractivity contribution in [2.45, 2.75) is 55.1 Å². The number of carbonyl (C=O) groups is 2. The van der Waals surface area contributed by atoms with E-state index in [-0.39, 0.29) is 42.3 Å². The summed E-state index contributed by atoms with van der Waals surface area (Å²) >= 11 is 0. The van der Waals surface area contributed by atoms with Gasteiger partial charge < -0.3 is 15.1 Å². The number of nitrogens with zero attached hydrogens (tertiary/aromatic N) is 8. The van der Waals surface area contributed by atoms with Crippen molar-refractivity contribution in [2.24, 2.45) is 13.0 Å². The Hall–Kier alpha value is -4.81. The van der Waals surface area contributed by atoms with Crippen LogP contribution in [0.5, 0.6) is 0 Å². The number of benzene rings is 2. The first-order chi connectivity index (χ1) is 26.3. The third-order valence-electron chi connectivity index (χ3n) is 11.3. The maximum atomic E-state index is 13.4. The first-order valence-electron chi connectivity index (χ1n) is 18.6. The highest BCUT2D eigenvalue weighted by Gasteiger charge is 2.38. The second kappa shape index (κ2) is 14.7. The van der Waals surface area contributed by atoms with Gasteiger partial charge in [0.15, 0.2) is 5.82 Å². The summed E-state index contributed by atoms with van der Waals surface area (Å²) in [5.74, 6) is 1.32. The number of likely N-dealkylation sites (tertiary alicyclic amines) is 1. The minimum Gasteiger partial charge on any atom is -0.371 e. The molecule has 4 aromatic rings. The van der Waals surface area contributed by atoms with Gasteiger partial charge in [0, 0.05) is 76.2 Å². The predicted octanol–water partition coefficient (Wildman–Crippen LogP) is 4.41. The van der Waals surface area contributed by atoms with Gasteiger partial charge in [0.25, 0.3) is 0 Å². The molecule has 14 nitrogen and oxygen atoms in total. The molecule has 292 valence electrons. The number of anilines is 3. The number of rotatable bonds is 9. The van der Waals surface area contributed by atoms with Crippen LogP contribution in [0.3, 0.4) is 0 Å². The lowest BCUT2D eigenvalue weighted by Gasteiger charge is -2.39. The van der Waals surface area contributed by atoms with Gasteiger partial charge in [-0.3, -0.25) is 19.7 Å². The topological polar surface area (TPSA) is 149 Å². The van der Waals surface area contributed by atoms with Crippen LogP contribution in [0.2, 0.25) is 0 Å². The molecule has 8 rings (SSSR count). The Bertz CT molecular complexity index is 2180. The first-order valence-corrected chi connectivity index (χ1v) is 20.1. The number of nitrogens with one attached hydrogen (secondary N) is 2. The average Bonchev–Trinajstić information content (AvgIpc) is 3.48. The molecule has 55 heavy (non-hydrogen) atoms. The van der Waals surface area contributed by atoms with Crippen LogP contribution in [0.1, 0.15) is 49.1 Å². The van der Waals surface area contributed by atoms with E-state index >= 15 is 0 Å². The van der Waals surface area contributed by atoms with Crippen LogP contribution in [0.4, 0.5) is 35.4 Å². The summed E-state index contributed by atoms with van der Waals surface area (Å²) in [7, 11) is -1.87. The number of halogens is 3. The van der Waals surface area contributed by atoms with Crippen molar-refractivity contribution >= 4 is 50.3 Å². The first kappa shape index (κ1) is 37.1. The normalized spacial score (nSPS) is 20.2. The number of aryl methyl sites for hydroxylation is 1. The number of sulfonamides is 1. The summed E-state index contributed by atoms with van der Waals surface area (Å²) in [4.78, 5) is 38.1. The van der Waals surface area contributed by atoms with E-state index in [2.05, 4.69) is 47.6 Å². The monoisotopic (exact) mass is 780 g/mol. The summed E-state index contributed by atoms with van der Waals surface area (Å²) in [5.41, 5.74) is 2.17. The van der Waals surface area contributed by atoms with Crippen molar-refractivity contribution in [2.75, 3.05) is 67.5 Å². The van der Waals surface area contributed by atoms with Gasteiger partial charge in [0.2, 0.25) is 21.9 Å². The fourth-order valence-corrected chi connectivity index (χ4v) is 9.68. The van der Waals surface area contributed by atoms with Crippen molar-refractivity contribution < 1.29 is 31.2 Å². The zero-order chi connectivity index (χ0) is 38.5. The molecule has 0 atom stereocenters. The van der Waals surface area contributed by atoms with E-state index < -0.39 is 27.8 Å². The summed E-state index contributed by atoms with van der Waals surface area (Å²) in [6.07, 6.45) is 1.28. The van der Waals surface area contributed by atoms with Crippen LogP contribution >= 0.6 is 0 Å². The molecular formula is C37H43F3N10O4S. The standard InChI is InChI=1S/C37H43F3N10O4S/c1-46-32-17-26(5-6-31(32)34(45-46)50-16-11-33(51)44-36(50)52)25-9-12-47(13-10-25)21-24-7-14-48(15-8-24)29-3-2-4-30(18-29)55(53,54)49-22-28(23-49)43-35-41-19-27(20-42-35)37(38,39)40/h2-6,17-20,24-25,28H,7-16,21-23H2,1H3,(H,41,42,43)(H,44,51,52). The Balaban J connectivity index is 0.802. The van der Waals surface area contributed by atoms with E-state index in [1.165, 1.54) is 14.8 Å². The molecule has 2 aromatic carbocycles. The van der Waals surface area contributed by atoms with Crippen molar-refractivity contribution in [3.8, 4) is 0 Å². The van der Waals surface area contributed by atoms with Gasteiger partial charge in [-0.15, -0.1) is 0 Å². The summed E-state index contributed by atoms with van der Waals surface area (Å²) in [5, 5.41) is 10.8. The number of imide groups is 1. The van der Waals surface area contributed by atoms with Crippen LogP contribution < -0.4 is 20.4 Å². The minimum atomic E-state index is -4.53. The molecule has 4 aliphatic rings. The SMILES string of the molecule is Cn1nc(N2CCC(=O)NC2=O)c2ccc(C3CCN(CC4CCN(c5cccc(S(=O)(=O)N6CC(Nc7ncc(C(F)(F)F)cn7)C6)c5)CC4)CC3)cc21. The lowest BCUT2D eigenvalue weighted by molar-refractivity contribution is -0.138. The van der Waals surface area contributed by atoms with E-state index in [4.69, 9.17) is 0 Å². The maximum absolute atomic E-state index is 13.4. The Morgan fingerprint density at radius 3 is 2.35 bits per heavy atom. The number of piperidine rings is 2. The number of fused-ring (bicyclic) bond motifs is 1. The number of urea groups is 1. The minimum absolute atomic E-state index is 0.0206. The van der Waals surface area contributed by atoms with E-state index in [9.17, 15) is 31.2 Å². The van der Waals surface area contributed by atoms with Crippen LogP contribution in [0.25, 0.3) is 10.9 Å². The highest BCUT2D eigenvalue weighted by Crippen LogP contribution is 2.35. The van der Waals surface area contributed by atoms with E-state index in [0.29, 0.717) is 36.6 Å². The quantitative estimate of drug-likeness (QED) is 0.250. The lowest BCUT2D eigenvalue weighted by Crippen LogP contribution is -2.56. The second-order valence-corrected chi connectivity index (χ2v) is 16.9. The molecule has 0 unspecified atom stereocenters. The molecule has 2 aromatic heterocycles. The van der Waals surface area contributed by atoms with E-state index in [1.807, 2.05) is 23.9 Å². The molecule has 0 saturated carbocycles. The third kappa shape index (κ3) is 7.71. The molecule has 6 heterocycles. The van der Waals surface area contributed by atoms with Gasteiger partial charge in [-0.25, -0.2) is 23.2 Å². The molecule has 0 bridgehead atoms. The highest BCUT2D eigenvalue weighted by atomic mass is 32.2. The van der Waals surface area contributed by atoms with E-state index in [0.717, 1.165) is 75.0 Å². The number of amides is 3. The van der Waals surface area contributed by atoms with Crippen LogP contribution in [-0.4, -0.2) is 108 Å². The highest BCUT2D eigenvalue weighted by molar-refractivity contribution is 7.89. The molecule has 0 radical (unpaired) electrons. The Morgan fingerprint density at radius 1 is 0.927 bits per heavy atom. The number of hydrogen-bond donors (Lipinski definition) is 2. The van der Waals surface area contributed by atoms with Crippen molar-refractivity contribution in [1.82, 2.24) is 34.3 Å². The second-order valence-electron chi connectivity index (χ2n) is 14.9. The molecule has 4 aliphatic heterocycles. The molecule has 4 saturated heterocycles. The number of hydrogen-bond acceptors (Lipinski definition) is 10. The zero-order valence-electron chi connectivity index (χ0n) is 30.4. The summed E-state index contributed by atoms with van der Waals surface area (Å²) < 4.78 is 68.4. The molecule has 2 N–H and O–H groups in total. The number of aromatic nitrogens is 4. The third-order valence-corrected chi connectivity index (χ3v) is 13.2. The Morgan fingerprint density at radius 2 is 1.65 bits per heavy atom. The predicted molar refractivity (Wildman–Crippen MR) is 199 cm³/mol. The largest absolute Gasteiger partial charge is 0.419 e. The van der Waals surface area contributed by atoms with Crippen molar-refractivity contribution in [1.29, 1.82) is 0 Å². The van der Waals surface area contributed by atoms with Gasteiger partial charge >= 0.3 is 12.2 Å². The Labute approximate surface area is 316 Å². The van der Waals surface area contributed by atoms with E-state index in [1.54, 1.807) is 18.2 Å². The molecule has 0 aliphatic carbocycles. The zero-order valence-corrected chi connectivity index (χ0v) is 31.2. The number of carbonyl (C=O) groups excluding carboxylic acids is 2. The maximum Gasteiger partial charge on any atom is 0.419 e. The van der Waals surface area contributed by atoms with Gasteiger partial charge in [-0.1, -0.05) is 12.1 Å². The summed E-state index contributed by atoms with van der Waals surface area (Å²) in [6, 6.07) is 12.7. The van der Waals surface area contributed by atoms with Gasteiger partial charge in [-0.2, -0.15) is 22.6 Å². The summed E-state index contributed by atoms with van der Waals surface area (Å²) in [6.45, 7) is 5.39. The lowest BCUT2D eigenvalue weighted by atomic mass is 9.88. The molecule has 4 fully saturated rings. The van der Waals surface area contributed by atoms with Crippen molar-refractivity contribution in [3.05, 3.63) is 66.0 Å². The van der Waals surface area contributed by atoms with Crippen LogP contribution in [0, 0.1) is 5.92 Å². The molecular weight excluding hydrogens is 738 g/mol. The van der Waals surface area contributed by atoms with Crippen molar-refractivity contribution in [3.63, 3.8) is 0 Å². The molecule has 18 heteroatoms. The van der Waals surface area contributed by atoms with Crippen LogP contribution in [0.15, 0.2) is 59.8 Å². The molecule has 0 spiro atoms. The van der Waals surface area contributed by atoms with Gasteiger partial charge in [-0.05, 0) is 86.5 Å². The van der Waals surface area contributed by atoms with Gasteiger partial charge in [0.05, 0.1) is 22.0 Å².